The zero-order chi connectivity index (χ0) is 15.3. The fraction of sp³-hybridized carbons (Fsp3) is 0.733. The van der Waals surface area contributed by atoms with E-state index in [4.69, 9.17) is 12.2 Å². The predicted octanol–water partition coefficient (Wildman–Crippen LogP) is 4.33. The lowest BCUT2D eigenvalue weighted by atomic mass is 10.1. The molecule has 0 radical (unpaired) electrons. The summed E-state index contributed by atoms with van der Waals surface area (Å²) in [5.41, 5.74) is 1.03. The predicted molar refractivity (Wildman–Crippen MR) is 88.9 cm³/mol. The molecule has 114 valence electrons. The molecule has 0 atom stereocenters. The average Bonchev–Trinajstić information content (AvgIpc) is 2.67. The number of amides is 1. The minimum atomic E-state index is 0.223. The van der Waals surface area contributed by atoms with Gasteiger partial charge in [-0.3, -0.25) is 4.79 Å². The van der Waals surface area contributed by atoms with Gasteiger partial charge in [-0.1, -0.05) is 27.7 Å². The summed E-state index contributed by atoms with van der Waals surface area (Å²) in [7, 11) is 0. The zero-order valence-electron chi connectivity index (χ0n) is 13.2. The molecule has 0 aliphatic rings. The molecule has 5 heteroatoms. The van der Waals surface area contributed by atoms with Crippen molar-refractivity contribution in [2.24, 2.45) is 5.92 Å². The molecule has 1 amide bonds. The van der Waals surface area contributed by atoms with Gasteiger partial charge in [0.25, 0.3) is 0 Å². The quantitative estimate of drug-likeness (QED) is 0.760. The van der Waals surface area contributed by atoms with Crippen LogP contribution in [0.4, 0.5) is 0 Å². The Morgan fingerprint density at radius 2 is 1.95 bits per heavy atom. The van der Waals surface area contributed by atoms with Crippen molar-refractivity contribution in [1.29, 1.82) is 0 Å². The number of carbonyl (C=O) groups excluding carboxylic acids is 1. The Hall–Kier alpha value is -0.680. The van der Waals surface area contributed by atoms with Gasteiger partial charge in [-0.15, -0.1) is 11.3 Å². The lowest BCUT2D eigenvalue weighted by Crippen LogP contribution is -2.42. The maximum atomic E-state index is 12.7. The van der Waals surface area contributed by atoms with E-state index in [2.05, 4.69) is 37.6 Å². The summed E-state index contributed by atoms with van der Waals surface area (Å²) in [6.07, 6.45) is 2.49. The third-order valence-corrected chi connectivity index (χ3v) is 4.84. The second-order valence-electron chi connectivity index (χ2n) is 5.65. The maximum Gasteiger partial charge on any atom is 0.228 e. The first kappa shape index (κ1) is 17.4. The number of aromatic nitrogens is 1. The van der Waals surface area contributed by atoms with E-state index in [9.17, 15) is 4.79 Å². The van der Waals surface area contributed by atoms with Gasteiger partial charge in [0.2, 0.25) is 5.91 Å². The summed E-state index contributed by atoms with van der Waals surface area (Å²) in [4.78, 5) is 18.9. The van der Waals surface area contributed by atoms with Crippen LogP contribution in [0.5, 0.6) is 0 Å². The van der Waals surface area contributed by atoms with Gasteiger partial charge in [-0.25, -0.2) is 0 Å². The number of aryl methyl sites for hydroxylation is 1. The normalized spacial score (nSPS) is 11.3. The average molecular weight is 315 g/mol. The number of nitrogens with one attached hydrogen (secondary N) is 1. The summed E-state index contributed by atoms with van der Waals surface area (Å²) < 4.78 is 0.753. The lowest BCUT2D eigenvalue weighted by molar-refractivity contribution is -0.133. The SMILES string of the molecule is CCC(CC)N(CC(C)C)C(=O)Cc1sc(=S)[nH]c1C. The van der Waals surface area contributed by atoms with Crippen LogP contribution < -0.4 is 0 Å². The van der Waals surface area contributed by atoms with Crippen molar-refractivity contribution >= 4 is 29.5 Å². The Morgan fingerprint density at radius 3 is 2.35 bits per heavy atom. The highest BCUT2D eigenvalue weighted by Gasteiger charge is 2.23. The highest BCUT2D eigenvalue weighted by molar-refractivity contribution is 7.73. The summed E-state index contributed by atoms with van der Waals surface area (Å²) >= 11 is 6.66. The van der Waals surface area contributed by atoms with E-state index in [-0.39, 0.29) is 5.91 Å². The first-order valence-electron chi connectivity index (χ1n) is 7.37. The first-order chi connectivity index (χ1) is 9.38. The smallest absolute Gasteiger partial charge is 0.228 e. The molecule has 0 aliphatic carbocycles. The molecular formula is C15H26N2OS2. The Kier molecular flexibility index (Phi) is 6.89. The van der Waals surface area contributed by atoms with Crippen LogP contribution in [0.3, 0.4) is 0 Å². The Bertz CT molecular complexity index is 486. The Labute approximate surface area is 131 Å². The van der Waals surface area contributed by atoms with Crippen molar-refractivity contribution < 1.29 is 4.79 Å². The summed E-state index contributed by atoms with van der Waals surface area (Å²) in [5.74, 6) is 0.714. The Morgan fingerprint density at radius 1 is 1.35 bits per heavy atom. The molecular weight excluding hydrogens is 288 g/mol. The van der Waals surface area contributed by atoms with Crippen LogP contribution in [0.25, 0.3) is 0 Å². The highest BCUT2D eigenvalue weighted by atomic mass is 32.1. The number of thiazole rings is 1. The van der Waals surface area contributed by atoms with Crippen molar-refractivity contribution in [2.45, 2.75) is 59.9 Å². The molecule has 1 N–H and O–H groups in total. The molecule has 0 saturated carbocycles. The summed E-state index contributed by atoms with van der Waals surface area (Å²) in [6.45, 7) is 11.4. The van der Waals surface area contributed by atoms with Crippen LogP contribution in [-0.4, -0.2) is 28.4 Å². The second kappa shape index (κ2) is 7.93. The minimum Gasteiger partial charge on any atom is -0.341 e. The topological polar surface area (TPSA) is 36.1 Å². The van der Waals surface area contributed by atoms with E-state index in [1.807, 2.05) is 6.92 Å². The third-order valence-electron chi connectivity index (χ3n) is 3.50. The van der Waals surface area contributed by atoms with Crippen LogP contribution in [0.15, 0.2) is 0 Å². The number of hydrogen-bond donors (Lipinski definition) is 1. The molecule has 0 unspecified atom stereocenters. The number of H-pyrrole nitrogens is 1. The molecule has 0 aromatic carbocycles. The molecule has 20 heavy (non-hydrogen) atoms. The fourth-order valence-corrected chi connectivity index (χ4v) is 3.70. The largest absolute Gasteiger partial charge is 0.341 e. The van der Waals surface area contributed by atoms with Gasteiger partial charge < -0.3 is 9.88 Å². The van der Waals surface area contributed by atoms with Gasteiger partial charge in [-0.05, 0) is 37.9 Å². The van der Waals surface area contributed by atoms with Crippen molar-refractivity contribution in [3.05, 3.63) is 14.5 Å². The highest BCUT2D eigenvalue weighted by Crippen LogP contribution is 2.19. The van der Waals surface area contributed by atoms with Crippen LogP contribution in [0.2, 0.25) is 0 Å². The van der Waals surface area contributed by atoms with Gasteiger partial charge in [0.15, 0.2) is 3.95 Å². The molecule has 0 bridgehead atoms. The lowest BCUT2D eigenvalue weighted by Gasteiger charge is -2.32. The number of rotatable bonds is 7. The van der Waals surface area contributed by atoms with Gasteiger partial charge in [0.1, 0.15) is 0 Å². The number of nitrogens with zero attached hydrogens (tertiary/aromatic N) is 1. The molecule has 3 nitrogen and oxygen atoms in total. The summed E-state index contributed by atoms with van der Waals surface area (Å²) in [5, 5.41) is 0. The third kappa shape index (κ3) is 4.70. The van der Waals surface area contributed by atoms with Crippen LogP contribution in [-0.2, 0) is 11.2 Å². The van der Waals surface area contributed by atoms with E-state index in [0.717, 1.165) is 33.9 Å². The standard InChI is InChI=1S/C15H26N2OS2/c1-6-12(7-2)17(9-10(3)4)14(18)8-13-11(5)16-15(19)20-13/h10,12H,6-9H2,1-5H3,(H,16,19). The van der Waals surface area contributed by atoms with Crippen LogP contribution in [0.1, 0.15) is 51.1 Å². The summed E-state index contributed by atoms with van der Waals surface area (Å²) in [6, 6.07) is 0.345. The molecule has 1 aromatic rings. The number of carbonyl (C=O) groups is 1. The van der Waals surface area contributed by atoms with Crippen molar-refractivity contribution in [1.82, 2.24) is 9.88 Å². The first-order valence-corrected chi connectivity index (χ1v) is 8.59. The van der Waals surface area contributed by atoms with Gasteiger partial charge in [0, 0.05) is 23.2 Å². The van der Waals surface area contributed by atoms with Crippen molar-refractivity contribution in [3.8, 4) is 0 Å². The Balaban J connectivity index is 2.87. The molecule has 0 fully saturated rings. The van der Waals surface area contributed by atoms with Crippen LogP contribution in [0, 0.1) is 16.8 Å². The monoisotopic (exact) mass is 314 g/mol. The maximum absolute atomic E-state index is 12.7. The second-order valence-corrected chi connectivity index (χ2v) is 7.42. The number of hydrogen-bond acceptors (Lipinski definition) is 3. The zero-order valence-corrected chi connectivity index (χ0v) is 14.8. The van der Waals surface area contributed by atoms with Crippen LogP contribution >= 0.6 is 23.6 Å². The molecule has 1 heterocycles. The van der Waals surface area contributed by atoms with Gasteiger partial charge >= 0.3 is 0 Å². The van der Waals surface area contributed by atoms with E-state index >= 15 is 0 Å². The van der Waals surface area contributed by atoms with Crippen molar-refractivity contribution in [3.63, 3.8) is 0 Å². The number of aromatic amines is 1. The van der Waals surface area contributed by atoms with Gasteiger partial charge in [0.05, 0.1) is 6.42 Å². The molecule has 1 aromatic heterocycles. The fourth-order valence-electron chi connectivity index (χ4n) is 2.42. The molecule has 0 spiro atoms. The van der Waals surface area contributed by atoms with Gasteiger partial charge in [-0.2, -0.15) is 0 Å². The van der Waals surface area contributed by atoms with E-state index in [1.165, 1.54) is 11.3 Å². The molecule has 1 rings (SSSR count). The molecule has 0 aliphatic heterocycles. The van der Waals surface area contributed by atoms with Crippen molar-refractivity contribution in [2.75, 3.05) is 6.54 Å². The van der Waals surface area contributed by atoms with E-state index in [1.54, 1.807) is 0 Å². The molecule has 0 saturated heterocycles. The van der Waals surface area contributed by atoms with E-state index in [0.29, 0.717) is 18.4 Å². The minimum absolute atomic E-state index is 0.223. The van der Waals surface area contributed by atoms with E-state index < -0.39 is 0 Å².